The summed E-state index contributed by atoms with van der Waals surface area (Å²) >= 11 is 0. The summed E-state index contributed by atoms with van der Waals surface area (Å²) < 4.78 is 2.20. The van der Waals surface area contributed by atoms with Crippen molar-refractivity contribution in [3.8, 4) is 0 Å². The van der Waals surface area contributed by atoms with E-state index in [-0.39, 0.29) is 24.0 Å². The van der Waals surface area contributed by atoms with Crippen LogP contribution in [0.5, 0.6) is 0 Å². The second-order valence-corrected chi connectivity index (χ2v) is 8.75. The summed E-state index contributed by atoms with van der Waals surface area (Å²) in [5.74, 6) is 2.78. The highest BCUT2D eigenvalue weighted by Gasteiger charge is 2.32. The standard InChI is InChI=1S/C25H36N6O.HI/c1-3-26-25(28-13-6-7-15-29-18-14-27-20(29)2)31-19-21(22-9-4-5-10-23(22)31)12-17-30-16-8-11-24(30)32;/h4-5,9-10,14,18,21H,3,6-8,11-13,15-17,19H2,1-2H3,(H,26,28);1H. The molecule has 4 rings (SSSR count). The highest BCUT2D eigenvalue weighted by Crippen LogP contribution is 2.38. The van der Waals surface area contributed by atoms with Gasteiger partial charge in [-0.25, -0.2) is 4.98 Å². The summed E-state index contributed by atoms with van der Waals surface area (Å²) in [5, 5.41) is 3.50. The van der Waals surface area contributed by atoms with Gasteiger partial charge in [0.1, 0.15) is 5.82 Å². The van der Waals surface area contributed by atoms with Gasteiger partial charge in [0.25, 0.3) is 0 Å². The number of nitrogens with one attached hydrogen (secondary N) is 1. The number of rotatable bonds is 9. The number of aromatic nitrogens is 2. The minimum absolute atomic E-state index is 0. The average molecular weight is 565 g/mol. The van der Waals surface area contributed by atoms with Gasteiger partial charge >= 0.3 is 0 Å². The van der Waals surface area contributed by atoms with E-state index < -0.39 is 0 Å². The predicted molar refractivity (Wildman–Crippen MR) is 145 cm³/mol. The smallest absolute Gasteiger partial charge is 0.222 e. The zero-order chi connectivity index (χ0) is 22.3. The van der Waals surface area contributed by atoms with Crippen LogP contribution in [0.4, 0.5) is 5.69 Å². The molecule has 8 heteroatoms. The van der Waals surface area contributed by atoms with E-state index in [1.165, 1.54) is 11.3 Å². The number of aryl methyl sites for hydroxylation is 2. The molecule has 0 aliphatic carbocycles. The van der Waals surface area contributed by atoms with Crippen molar-refractivity contribution in [2.24, 2.45) is 4.99 Å². The highest BCUT2D eigenvalue weighted by molar-refractivity contribution is 14.0. The Morgan fingerprint density at radius 2 is 2.09 bits per heavy atom. The van der Waals surface area contributed by atoms with Crippen molar-refractivity contribution in [1.82, 2.24) is 19.8 Å². The monoisotopic (exact) mass is 564 g/mol. The van der Waals surface area contributed by atoms with Crippen LogP contribution in [0.25, 0.3) is 0 Å². The van der Waals surface area contributed by atoms with Crippen LogP contribution in [0.3, 0.4) is 0 Å². The molecule has 0 radical (unpaired) electrons. The normalized spacial score (nSPS) is 17.9. The lowest BCUT2D eigenvalue weighted by molar-refractivity contribution is -0.127. The number of para-hydroxylation sites is 1. The number of carbonyl (C=O) groups is 1. The van der Waals surface area contributed by atoms with Crippen LogP contribution in [0.15, 0.2) is 41.7 Å². The van der Waals surface area contributed by atoms with E-state index in [1.807, 2.05) is 24.2 Å². The molecule has 1 saturated heterocycles. The number of aliphatic imine (C=N–C) groups is 1. The van der Waals surface area contributed by atoms with Gasteiger partial charge in [-0.15, -0.1) is 24.0 Å². The molecule has 1 atom stereocenters. The molecule has 0 saturated carbocycles. The third-order valence-electron chi connectivity index (χ3n) is 6.57. The first-order valence-electron chi connectivity index (χ1n) is 12.1. The molecule has 1 fully saturated rings. The Bertz CT molecular complexity index is 942. The second kappa shape index (κ2) is 12.4. The Balaban J connectivity index is 0.00000306. The number of nitrogens with zero attached hydrogens (tertiary/aromatic N) is 5. The Morgan fingerprint density at radius 1 is 1.24 bits per heavy atom. The molecule has 180 valence electrons. The number of hydrogen-bond donors (Lipinski definition) is 1. The zero-order valence-electron chi connectivity index (χ0n) is 19.9. The van der Waals surface area contributed by atoms with E-state index in [1.54, 1.807) is 0 Å². The van der Waals surface area contributed by atoms with Gasteiger partial charge in [0.15, 0.2) is 5.96 Å². The summed E-state index contributed by atoms with van der Waals surface area (Å²) in [6, 6.07) is 8.67. The van der Waals surface area contributed by atoms with Crippen LogP contribution < -0.4 is 10.2 Å². The Kier molecular flexibility index (Phi) is 9.58. The molecule has 1 aromatic heterocycles. The van der Waals surface area contributed by atoms with Gasteiger partial charge in [0.2, 0.25) is 5.91 Å². The lowest BCUT2D eigenvalue weighted by Gasteiger charge is -2.23. The number of hydrogen-bond acceptors (Lipinski definition) is 3. The molecule has 7 nitrogen and oxygen atoms in total. The van der Waals surface area contributed by atoms with Gasteiger partial charge in [0, 0.05) is 69.7 Å². The molecule has 1 N–H and O–H groups in total. The number of halogens is 1. The van der Waals surface area contributed by atoms with Crippen molar-refractivity contribution in [2.75, 3.05) is 37.6 Å². The van der Waals surface area contributed by atoms with Crippen LogP contribution in [-0.2, 0) is 11.3 Å². The molecule has 2 aliphatic rings. The first-order valence-corrected chi connectivity index (χ1v) is 12.1. The van der Waals surface area contributed by atoms with Crippen molar-refractivity contribution < 1.29 is 4.79 Å². The number of amides is 1. The Labute approximate surface area is 214 Å². The van der Waals surface area contributed by atoms with Crippen molar-refractivity contribution in [1.29, 1.82) is 0 Å². The lowest BCUT2D eigenvalue weighted by atomic mass is 9.98. The van der Waals surface area contributed by atoms with Gasteiger partial charge in [-0.2, -0.15) is 0 Å². The Hall–Kier alpha value is -2.10. The quantitative estimate of drug-likeness (QED) is 0.215. The van der Waals surface area contributed by atoms with Crippen molar-refractivity contribution >= 4 is 41.5 Å². The summed E-state index contributed by atoms with van der Waals surface area (Å²) in [4.78, 5) is 25.7. The molecule has 0 bridgehead atoms. The molecular formula is C25H37IN6O. The molecule has 3 heterocycles. The van der Waals surface area contributed by atoms with Gasteiger partial charge in [0.05, 0.1) is 0 Å². The number of carbonyl (C=O) groups excluding carboxylic acids is 1. The third-order valence-corrected chi connectivity index (χ3v) is 6.57. The highest BCUT2D eigenvalue weighted by atomic mass is 127. The largest absolute Gasteiger partial charge is 0.356 e. The predicted octanol–water partition coefficient (Wildman–Crippen LogP) is 4.17. The van der Waals surface area contributed by atoms with E-state index in [0.29, 0.717) is 18.2 Å². The fraction of sp³-hybridized carbons (Fsp3) is 0.560. The number of benzene rings is 1. The SMILES string of the molecule is CCNC(=NCCCCn1ccnc1C)N1CC(CCN2CCCC2=O)c2ccccc21.I. The molecule has 0 spiro atoms. The average Bonchev–Trinajstić information content (AvgIpc) is 3.50. The van der Waals surface area contributed by atoms with Crippen LogP contribution in [0, 0.1) is 6.92 Å². The first-order chi connectivity index (χ1) is 15.7. The minimum atomic E-state index is 0. The van der Waals surface area contributed by atoms with Crippen LogP contribution >= 0.6 is 24.0 Å². The molecule has 2 aliphatic heterocycles. The Morgan fingerprint density at radius 3 is 2.82 bits per heavy atom. The van der Waals surface area contributed by atoms with Crippen LogP contribution in [0.1, 0.15) is 56.3 Å². The number of likely N-dealkylation sites (tertiary alicyclic amines) is 1. The van der Waals surface area contributed by atoms with Crippen LogP contribution in [0.2, 0.25) is 0 Å². The number of anilines is 1. The minimum Gasteiger partial charge on any atom is -0.356 e. The van der Waals surface area contributed by atoms with E-state index in [4.69, 9.17) is 4.99 Å². The maximum absolute atomic E-state index is 12.0. The lowest BCUT2D eigenvalue weighted by Crippen LogP contribution is -2.41. The van der Waals surface area contributed by atoms with Crippen LogP contribution in [-0.4, -0.2) is 59.0 Å². The number of fused-ring (bicyclic) bond motifs is 1. The summed E-state index contributed by atoms with van der Waals surface area (Å²) in [7, 11) is 0. The maximum atomic E-state index is 12.0. The number of imidazole rings is 1. The van der Waals surface area contributed by atoms with E-state index in [0.717, 1.165) is 76.7 Å². The molecule has 2 aromatic rings. The van der Waals surface area contributed by atoms with Gasteiger partial charge < -0.3 is 19.7 Å². The molecule has 1 unspecified atom stereocenters. The molecular weight excluding hydrogens is 527 g/mol. The topological polar surface area (TPSA) is 65.8 Å². The fourth-order valence-electron chi connectivity index (χ4n) is 4.81. The van der Waals surface area contributed by atoms with Gasteiger partial charge in [-0.05, 0) is 51.2 Å². The summed E-state index contributed by atoms with van der Waals surface area (Å²) in [6.07, 6.45) is 8.75. The van der Waals surface area contributed by atoms with E-state index in [9.17, 15) is 4.79 Å². The number of guanidine groups is 1. The molecule has 1 amide bonds. The van der Waals surface area contributed by atoms with Crippen molar-refractivity contribution in [3.63, 3.8) is 0 Å². The molecule has 33 heavy (non-hydrogen) atoms. The van der Waals surface area contributed by atoms with E-state index in [2.05, 4.69) is 51.0 Å². The van der Waals surface area contributed by atoms with Gasteiger partial charge in [-0.1, -0.05) is 18.2 Å². The fourth-order valence-corrected chi connectivity index (χ4v) is 4.81. The van der Waals surface area contributed by atoms with Crippen molar-refractivity contribution in [3.05, 3.63) is 48.0 Å². The van der Waals surface area contributed by atoms with Gasteiger partial charge in [-0.3, -0.25) is 9.79 Å². The van der Waals surface area contributed by atoms with Crippen molar-refractivity contribution in [2.45, 2.75) is 58.4 Å². The van der Waals surface area contributed by atoms with E-state index >= 15 is 0 Å². The first kappa shape index (κ1) is 25.5. The maximum Gasteiger partial charge on any atom is 0.222 e. The summed E-state index contributed by atoms with van der Waals surface area (Å²) in [6.45, 7) is 9.49. The number of unbranched alkanes of at least 4 members (excludes halogenated alkanes) is 1. The second-order valence-electron chi connectivity index (χ2n) is 8.75. The third kappa shape index (κ3) is 6.28. The molecule has 1 aromatic carbocycles. The zero-order valence-corrected chi connectivity index (χ0v) is 22.2. The summed E-state index contributed by atoms with van der Waals surface area (Å²) in [5.41, 5.74) is 2.62.